The molecule has 3 N–H and O–H groups in total. The first-order chi connectivity index (χ1) is 15.3. The van der Waals surface area contributed by atoms with Crippen LogP contribution in [0.4, 0.5) is 4.79 Å². The van der Waals surface area contributed by atoms with E-state index in [0.29, 0.717) is 5.56 Å². The molecule has 0 bridgehead atoms. The number of hydrogen-bond acceptors (Lipinski definition) is 6. The van der Waals surface area contributed by atoms with Crippen molar-refractivity contribution in [2.24, 2.45) is 0 Å². The van der Waals surface area contributed by atoms with Crippen molar-refractivity contribution < 1.29 is 24.2 Å². The Morgan fingerprint density at radius 2 is 1.73 bits per heavy atom. The van der Waals surface area contributed by atoms with E-state index in [0.717, 1.165) is 12.8 Å². The van der Waals surface area contributed by atoms with Crippen molar-refractivity contribution in [3.63, 3.8) is 0 Å². The first-order valence-electron chi connectivity index (χ1n) is 11.3. The molecule has 0 saturated heterocycles. The zero-order valence-electron chi connectivity index (χ0n) is 20.7. The molecular formula is C24H39N3O5S. The average Bonchev–Trinajstić information content (AvgIpc) is 2.68. The standard InChI is InChI=1S/C24H39N3O5S/c1-8-11-16(4)25-21(29)20(17-12-9-10-13-19(17)28)27(15(2)3)22(30)18(14-33)26-23(31)32-24(5,6)7/h9-10,12-13,15-16,18,20,28,33H,8,11,14H2,1-7H3,(H,25,29)(H,26,31). The second-order valence-corrected chi connectivity index (χ2v) is 9.75. The summed E-state index contributed by atoms with van der Waals surface area (Å²) in [5.74, 6) is -1.00. The normalized spacial score (nSPS) is 14.2. The van der Waals surface area contributed by atoms with Gasteiger partial charge in [-0.3, -0.25) is 9.59 Å². The van der Waals surface area contributed by atoms with E-state index in [1.807, 2.05) is 13.8 Å². The van der Waals surface area contributed by atoms with Crippen LogP contribution in [0.25, 0.3) is 0 Å². The first-order valence-corrected chi connectivity index (χ1v) is 12.0. The van der Waals surface area contributed by atoms with E-state index in [-0.39, 0.29) is 17.5 Å². The van der Waals surface area contributed by atoms with Gasteiger partial charge < -0.3 is 25.4 Å². The predicted octanol–water partition coefficient (Wildman–Crippen LogP) is 3.80. The Kier molecular flexibility index (Phi) is 11.0. The summed E-state index contributed by atoms with van der Waals surface area (Å²) in [5, 5.41) is 16.0. The molecule has 0 spiro atoms. The Morgan fingerprint density at radius 1 is 1.12 bits per heavy atom. The number of hydrogen-bond donors (Lipinski definition) is 4. The number of ether oxygens (including phenoxy) is 1. The number of nitrogens with one attached hydrogen (secondary N) is 2. The number of aromatic hydroxyl groups is 1. The molecule has 0 aliphatic heterocycles. The van der Waals surface area contributed by atoms with Gasteiger partial charge in [0.25, 0.3) is 0 Å². The van der Waals surface area contributed by atoms with E-state index in [9.17, 15) is 19.5 Å². The molecule has 0 fully saturated rings. The molecule has 1 aromatic rings. The smallest absolute Gasteiger partial charge is 0.408 e. The van der Waals surface area contributed by atoms with Crippen molar-refractivity contribution >= 4 is 30.5 Å². The fourth-order valence-corrected chi connectivity index (χ4v) is 3.71. The Hall–Kier alpha value is -2.42. The highest BCUT2D eigenvalue weighted by Gasteiger charge is 2.38. The average molecular weight is 482 g/mol. The lowest BCUT2D eigenvalue weighted by atomic mass is 9.99. The summed E-state index contributed by atoms with van der Waals surface area (Å²) in [6.45, 7) is 12.6. The molecule has 1 aromatic carbocycles. The summed E-state index contributed by atoms with van der Waals surface area (Å²) in [6.07, 6.45) is 0.907. The molecule has 8 nitrogen and oxygen atoms in total. The van der Waals surface area contributed by atoms with Gasteiger partial charge in [0, 0.05) is 23.4 Å². The Morgan fingerprint density at radius 3 is 2.21 bits per heavy atom. The van der Waals surface area contributed by atoms with E-state index < -0.39 is 41.6 Å². The molecule has 3 atom stereocenters. The minimum Gasteiger partial charge on any atom is -0.508 e. The summed E-state index contributed by atoms with van der Waals surface area (Å²) in [7, 11) is 0. The number of phenolic OH excluding ortho intramolecular Hbond substituents is 1. The van der Waals surface area contributed by atoms with Crippen LogP contribution in [0.5, 0.6) is 5.75 Å². The summed E-state index contributed by atoms with van der Waals surface area (Å²) < 4.78 is 5.28. The second-order valence-electron chi connectivity index (χ2n) is 9.38. The van der Waals surface area contributed by atoms with Gasteiger partial charge >= 0.3 is 6.09 Å². The lowest BCUT2D eigenvalue weighted by Crippen LogP contribution is -2.56. The van der Waals surface area contributed by atoms with Crippen LogP contribution >= 0.6 is 12.6 Å². The van der Waals surface area contributed by atoms with Gasteiger partial charge in [0.15, 0.2) is 0 Å². The third-order valence-corrected chi connectivity index (χ3v) is 5.22. The monoisotopic (exact) mass is 481 g/mol. The van der Waals surface area contributed by atoms with Gasteiger partial charge in [-0.2, -0.15) is 12.6 Å². The van der Waals surface area contributed by atoms with E-state index in [1.54, 1.807) is 52.8 Å². The number of benzene rings is 1. The summed E-state index contributed by atoms with van der Waals surface area (Å²) >= 11 is 4.25. The van der Waals surface area contributed by atoms with Crippen molar-refractivity contribution in [3.05, 3.63) is 29.8 Å². The summed E-state index contributed by atoms with van der Waals surface area (Å²) in [4.78, 5) is 40.7. The van der Waals surface area contributed by atoms with Crippen LogP contribution in [0.1, 0.15) is 72.9 Å². The van der Waals surface area contributed by atoms with Crippen molar-refractivity contribution in [2.45, 2.75) is 91.1 Å². The van der Waals surface area contributed by atoms with E-state index in [1.165, 1.54) is 11.0 Å². The molecule has 186 valence electrons. The largest absolute Gasteiger partial charge is 0.508 e. The fraction of sp³-hybridized carbons (Fsp3) is 0.625. The van der Waals surface area contributed by atoms with Gasteiger partial charge in [0.05, 0.1) is 0 Å². The number of thiol groups is 1. The van der Waals surface area contributed by atoms with Gasteiger partial charge in [0.2, 0.25) is 11.8 Å². The van der Waals surface area contributed by atoms with Crippen LogP contribution in [0.15, 0.2) is 24.3 Å². The highest BCUT2D eigenvalue weighted by molar-refractivity contribution is 7.80. The van der Waals surface area contributed by atoms with Crippen LogP contribution in [0, 0.1) is 0 Å². The number of amides is 3. The Labute approximate surface area is 202 Å². The predicted molar refractivity (Wildman–Crippen MR) is 132 cm³/mol. The Bertz CT molecular complexity index is 810. The number of para-hydroxylation sites is 1. The lowest BCUT2D eigenvalue weighted by Gasteiger charge is -2.37. The highest BCUT2D eigenvalue weighted by atomic mass is 32.1. The molecular weight excluding hydrogens is 442 g/mol. The molecule has 0 heterocycles. The zero-order valence-corrected chi connectivity index (χ0v) is 21.6. The number of carbonyl (C=O) groups excluding carboxylic acids is 3. The third-order valence-electron chi connectivity index (χ3n) is 4.85. The van der Waals surface area contributed by atoms with Gasteiger partial charge in [-0.15, -0.1) is 0 Å². The molecule has 0 aliphatic rings. The van der Waals surface area contributed by atoms with E-state index in [2.05, 4.69) is 23.3 Å². The van der Waals surface area contributed by atoms with Gasteiger partial charge in [0.1, 0.15) is 23.4 Å². The summed E-state index contributed by atoms with van der Waals surface area (Å²) in [6, 6.07) is 3.78. The molecule has 3 unspecified atom stereocenters. The molecule has 9 heteroatoms. The minimum atomic E-state index is -1.10. The Balaban J connectivity index is 3.37. The molecule has 0 saturated carbocycles. The molecule has 1 rings (SSSR count). The molecule has 0 aromatic heterocycles. The number of rotatable bonds is 10. The summed E-state index contributed by atoms with van der Waals surface area (Å²) in [5.41, 5.74) is -0.435. The van der Waals surface area contributed by atoms with Crippen molar-refractivity contribution in [3.8, 4) is 5.75 Å². The maximum atomic E-state index is 13.6. The van der Waals surface area contributed by atoms with Gasteiger partial charge in [-0.05, 0) is 54.0 Å². The number of phenols is 1. The zero-order chi connectivity index (χ0) is 25.3. The number of carbonyl (C=O) groups is 3. The van der Waals surface area contributed by atoms with Crippen LogP contribution in [-0.4, -0.2) is 57.4 Å². The van der Waals surface area contributed by atoms with Gasteiger partial charge in [-0.25, -0.2) is 4.79 Å². The molecule has 0 aliphatic carbocycles. The van der Waals surface area contributed by atoms with E-state index >= 15 is 0 Å². The van der Waals surface area contributed by atoms with Crippen LogP contribution < -0.4 is 10.6 Å². The fourth-order valence-electron chi connectivity index (χ4n) is 3.46. The van der Waals surface area contributed by atoms with Gasteiger partial charge in [-0.1, -0.05) is 31.5 Å². The highest BCUT2D eigenvalue weighted by Crippen LogP contribution is 2.31. The number of nitrogens with zero attached hydrogens (tertiary/aromatic N) is 1. The first kappa shape index (κ1) is 28.6. The number of alkyl carbamates (subject to hydrolysis) is 1. The lowest BCUT2D eigenvalue weighted by molar-refractivity contribution is -0.144. The SMILES string of the molecule is CCCC(C)NC(=O)C(c1ccccc1O)N(C(=O)C(CS)NC(=O)OC(C)(C)C)C(C)C. The van der Waals surface area contributed by atoms with E-state index in [4.69, 9.17) is 4.74 Å². The molecule has 0 radical (unpaired) electrons. The minimum absolute atomic E-state index is 0.00262. The van der Waals surface area contributed by atoms with Crippen LogP contribution in [-0.2, 0) is 14.3 Å². The molecule has 33 heavy (non-hydrogen) atoms. The van der Waals surface area contributed by atoms with Crippen molar-refractivity contribution in [2.75, 3.05) is 5.75 Å². The maximum absolute atomic E-state index is 13.6. The second kappa shape index (κ2) is 12.7. The quantitative estimate of drug-likeness (QED) is 0.380. The van der Waals surface area contributed by atoms with Crippen molar-refractivity contribution in [1.82, 2.24) is 15.5 Å². The van der Waals surface area contributed by atoms with Crippen molar-refractivity contribution in [1.29, 1.82) is 0 Å². The topological polar surface area (TPSA) is 108 Å². The third kappa shape index (κ3) is 8.79. The van der Waals surface area contributed by atoms with Crippen LogP contribution in [0.3, 0.4) is 0 Å². The van der Waals surface area contributed by atoms with Crippen LogP contribution in [0.2, 0.25) is 0 Å². The molecule has 3 amide bonds. The maximum Gasteiger partial charge on any atom is 0.408 e.